The Morgan fingerprint density at radius 3 is 1.27 bits per heavy atom. The average Bonchev–Trinajstić information content (AvgIpc) is 2.66. The third-order valence-electron chi connectivity index (χ3n) is 4.69. The Morgan fingerprint density at radius 2 is 0.962 bits per heavy atom. The van der Waals surface area contributed by atoms with Crippen LogP contribution in [0.5, 0.6) is 0 Å². The zero-order valence-corrected chi connectivity index (χ0v) is 18.8. The molecule has 0 atom stereocenters. The summed E-state index contributed by atoms with van der Waals surface area (Å²) in [6.07, 6.45) is 0. The van der Waals surface area contributed by atoms with E-state index in [1.54, 1.807) is 0 Å². The lowest BCUT2D eigenvalue weighted by Gasteiger charge is -2.36. The van der Waals surface area contributed by atoms with E-state index < -0.39 is 0 Å². The fourth-order valence-corrected chi connectivity index (χ4v) is 3.93. The van der Waals surface area contributed by atoms with Gasteiger partial charge in [-0.05, 0) is 90.2 Å². The molecule has 0 N–H and O–H groups in total. The smallest absolute Gasteiger partial charge is 0.182 e. The van der Waals surface area contributed by atoms with Crippen molar-refractivity contribution in [1.82, 2.24) is 9.80 Å². The van der Waals surface area contributed by atoms with E-state index in [-0.39, 0.29) is 0 Å². The van der Waals surface area contributed by atoms with E-state index >= 15 is 0 Å². The Balaban J connectivity index is 3.27. The summed E-state index contributed by atoms with van der Waals surface area (Å²) in [5, 5.41) is 1.53. The van der Waals surface area contributed by atoms with Gasteiger partial charge in [0, 0.05) is 45.0 Å². The molecule has 0 aliphatic carbocycles. The summed E-state index contributed by atoms with van der Waals surface area (Å²) in [5.74, 6) is 0. The number of anilines is 2. The number of hydrogen-bond donors (Lipinski definition) is 0. The minimum atomic E-state index is 0.766. The SMILES string of the molecule is CCN(CC)C(=S)N(C(=S)N(CC)CC)c1ccc(N(CC)CC)cc1. The molecule has 6 heteroatoms. The molecule has 1 aromatic rings. The first kappa shape index (κ1) is 22.6. The van der Waals surface area contributed by atoms with Crippen LogP contribution in [-0.2, 0) is 0 Å². The zero-order chi connectivity index (χ0) is 19.7. The van der Waals surface area contributed by atoms with Crippen LogP contribution in [0.3, 0.4) is 0 Å². The van der Waals surface area contributed by atoms with E-state index in [4.69, 9.17) is 24.4 Å². The largest absolute Gasteiger partial charge is 0.372 e. The summed E-state index contributed by atoms with van der Waals surface area (Å²) in [4.78, 5) is 8.71. The Morgan fingerprint density at radius 1 is 0.615 bits per heavy atom. The molecule has 0 radical (unpaired) electrons. The van der Waals surface area contributed by atoms with Gasteiger partial charge >= 0.3 is 0 Å². The molecule has 0 bridgehead atoms. The molecule has 1 rings (SSSR count). The van der Waals surface area contributed by atoms with E-state index in [1.165, 1.54) is 5.69 Å². The van der Waals surface area contributed by atoms with Crippen LogP contribution in [-0.4, -0.2) is 59.3 Å². The lowest BCUT2D eigenvalue weighted by Crippen LogP contribution is -2.51. The van der Waals surface area contributed by atoms with Crippen LogP contribution < -0.4 is 9.80 Å². The maximum Gasteiger partial charge on any atom is 0.182 e. The Hall–Kier alpha value is -1.40. The first-order valence-electron chi connectivity index (χ1n) is 9.71. The van der Waals surface area contributed by atoms with Gasteiger partial charge in [0.2, 0.25) is 0 Å². The highest BCUT2D eigenvalue weighted by atomic mass is 32.1. The maximum absolute atomic E-state index is 5.83. The van der Waals surface area contributed by atoms with Gasteiger partial charge in [-0.2, -0.15) is 0 Å². The molecule has 0 saturated carbocycles. The van der Waals surface area contributed by atoms with Gasteiger partial charge in [-0.15, -0.1) is 0 Å². The second-order valence-electron chi connectivity index (χ2n) is 5.93. The predicted molar refractivity (Wildman–Crippen MR) is 124 cm³/mol. The molecule has 0 aromatic heterocycles. The molecule has 0 heterocycles. The normalized spacial score (nSPS) is 10.4. The van der Waals surface area contributed by atoms with Gasteiger partial charge in [0.1, 0.15) is 0 Å². The van der Waals surface area contributed by atoms with Crippen molar-refractivity contribution in [2.75, 3.05) is 49.1 Å². The Kier molecular flexibility index (Phi) is 9.88. The van der Waals surface area contributed by atoms with Gasteiger partial charge < -0.3 is 14.7 Å². The molecule has 146 valence electrons. The van der Waals surface area contributed by atoms with Crippen molar-refractivity contribution in [2.24, 2.45) is 0 Å². The molecule has 0 fully saturated rings. The molecular formula is C20H34N4S2. The van der Waals surface area contributed by atoms with Crippen LogP contribution in [0.4, 0.5) is 11.4 Å². The standard InChI is InChI=1S/C20H34N4S2/c1-7-21(8-2)17-13-15-18(16-14-17)24(19(25)22(9-3)10-4)20(26)23(11-5)12-6/h13-16H,7-12H2,1-6H3. The first-order valence-corrected chi connectivity index (χ1v) is 10.5. The molecule has 1 aromatic carbocycles. The van der Waals surface area contributed by atoms with Crippen molar-refractivity contribution < 1.29 is 0 Å². The molecule has 4 nitrogen and oxygen atoms in total. The lowest BCUT2D eigenvalue weighted by atomic mass is 10.2. The monoisotopic (exact) mass is 394 g/mol. The minimum Gasteiger partial charge on any atom is -0.372 e. The fraction of sp³-hybridized carbons (Fsp3) is 0.600. The van der Waals surface area contributed by atoms with Gasteiger partial charge in [-0.25, -0.2) is 0 Å². The quantitative estimate of drug-likeness (QED) is 0.594. The molecule has 0 aliphatic heterocycles. The van der Waals surface area contributed by atoms with Crippen molar-refractivity contribution >= 4 is 46.0 Å². The molecular weight excluding hydrogens is 360 g/mol. The van der Waals surface area contributed by atoms with Crippen molar-refractivity contribution in [3.05, 3.63) is 24.3 Å². The topological polar surface area (TPSA) is 13.0 Å². The summed E-state index contributed by atoms with van der Waals surface area (Å²) >= 11 is 11.7. The number of rotatable bonds is 8. The number of hydrogen-bond acceptors (Lipinski definition) is 3. The van der Waals surface area contributed by atoms with Crippen LogP contribution in [0.2, 0.25) is 0 Å². The van der Waals surface area contributed by atoms with Crippen molar-refractivity contribution in [3.63, 3.8) is 0 Å². The van der Waals surface area contributed by atoms with E-state index in [2.05, 4.69) is 80.5 Å². The number of nitrogens with zero attached hydrogens (tertiary/aromatic N) is 4. The Labute approximate surface area is 170 Å². The average molecular weight is 395 g/mol. The summed E-state index contributed by atoms with van der Waals surface area (Å²) in [7, 11) is 0. The number of thiocarbonyl (C=S) groups is 2. The lowest BCUT2D eigenvalue weighted by molar-refractivity contribution is 0.452. The molecule has 0 spiro atoms. The predicted octanol–water partition coefficient (Wildman–Crippen LogP) is 4.59. The van der Waals surface area contributed by atoms with Gasteiger partial charge in [0.15, 0.2) is 10.2 Å². The van der Waals surface area contributed by atoms with Crippen molar-refractivity contribution in [2.45, 2.75) is 41.5 Å². The second kappa shape index (κ2) is 11.3. The van der Waals surface area contributed by atoms with Crippen molar-refractivity contribution in [1.29, 1.82) is 0 Å². The fourth-order valence-electron chi connectivity index (χ4n) is 2.98. The molecule has 0 saturated heterocycles. The molecule has 0 amide bonds. The van der Waals surface area contributed by atoms with Crippen LogP contribution in [0.1, 0.15) is 41.5 Å². The van der Waals surface area contributed by atoms with Crippen LogP contribution in [0, 0.1) is 0 Å². The molecule has 0 aliphatic rings. The Bertz CT molecular complexity index is 538. The zero-order valence-electron chi connectivity index (χ0n) is 17.2. The first-order chi connectivity index (χ1) is 12.5. The van der Waals surface area contributed by atoms with Gasteiger partial charge in [-0.1, -0.05) is 0 Å². The number of benzene rings is 1. The molecule has 26 heavy (non-hydrogen) atoms. The summed E-state index contributed by atoms with van der Waals surface area (Å²) < 4.78 is 0. The minimum absolute atomic E-state index is 0.766. The summed E-state index contributed by atoms with van der Waals surface area (Å²) in [6.45, 7) is 18.3. The molecule has 0 unspecified atom stereocenters. The van der Waals surface area contributed by atoms with Crippen molar-refractivity contribution in [3.8, 4) is 0 Å². The van der Waals surface area contributed by atoms with E-state index in [9.17, 15) is 0 Å². The van der Waals surface area contributed by atoms with E-state index in [1.807, 2.05) is 4.90 Å². The van der Waals surface area contributed by atoms with Gasteiger partial charge in [0.25, 0.3) is 0 Å². The van der Waals surface area contributed by atoms with Crippen LogP contribution in [0.15, 0.2) is 24.3 Å². The maximum atomic E-state index is 5.83. The van der Waals surface area contributed by atoms with Gasteiger partial charge in [-0.3, -0.25) is 4.90 Å². The van der Waals surface area contributed by atoms with Crippen LogP contribution >= 0.6 is 24.4 Å². The highest BCUT2D eigenvalue weighted by Gasteiger charge is 2.23. The third-order valence-corrected chi connectivity index (χ3v) is 5.57. The summed E-state index contributed by atoms with van der Waals surface area (Å²) in [5.41, 5.74) is 2.25. The van der Waals surface area contributed by atoms with Crippen LogP contribution in [0.25, 0.3) is 0 Å². The summed E-state index contributed by atoms with van der Waals surface area (Å²) in [6, 6.07) is 8.56. The van der Waals surface area contributed by atoms with E-state index in [0.717, 1.165) is 55.2 Å². The van der Waals surface area contributed by atoms with Gasteiger partial charge in [0.05, 0.1) is 5.69 Å². The highest BCUT2D eigenvalue weighted by molar-refractivity contribution is 7.82. The second-order valence-corrected chi connectivity index (χ2v) is 6.66. The van der Waals surface area contributed by atoms with E-state index in [0.29, 0.717) is 0 Å². The highest BCUT2D eigenvalue weighted by Crippen LogP contribution is 2.23. The third kappa shape index (κ3) is 5.30.